The van der Waals surface area contributed by atoms with Gasteiger partial charge in [-0.25, -0.2) is 0 Å². The quantitative estimate of drug-likeness (QED) is 0.792. The molecule has 0 aliphatic heterocycles. The topological polar surface area (TPSA) is 62.1 Å². The van der Waals surface area contributed by atoms with Crippen LogP contribution in [0.1, 0.15) is 12.0 Å². The van der Waals surface area contributed by atoms with Gasteiger partial charge in [-0.1, -0.05) is 12.1 Å². The van der Waals surface area contributed by atoms with Gasteiger partial charge in [0.2, 0.25) is 5.91 Å². The van der Waals surface area contributed by atoms with Crippen LogP contribution in [0.5, 0.6) is 5.75 Å². The summed E-state index contributed by atoms with van der Waals surface area (Å²) in [5.74, 6) is 0.662. The van der Waals surface area contributed by atoms with Gasteiger partial charge in [-0.3, -0.25) is 4.79 Å². The highest BCUT2D eigenvalue weighted by Crippen LogP contribution is 2.19. The van der Waals surface area contributed by atoms with Crippen molar-refractivity contribution in [3.8, 4) is 11.8 Å². The molecule has 0 fully saturated rings. The van der Waals surface area contributed by atoms with Gasteiger partial charge in [0.15, 0.2) is 0 Å². The Kier molecular flexibility index (Phi) is 5.58. The molecule has 2 aromatic carbocycles. The Balaban J connectivity index is 1.80. The number of nitrogens with zero attached hydrogens (tertiary/aromatic N) is 1. The van der Waals surface area contributed by atoms with Crippen molar-refractivity contribution in [1.29, 1.82) is 5.26 Å². The van der Waals surface area contributed by atoms with E-state index in [0.717, 1.165) is 9.32 Å². The highest BCUT2D eigenvalue weighted by atomic mass is 127. The fourth-order valence-electron chi connectivity index (χ4n) is 1.67. The molecule has 1 N–H and O–H groups in total. The number of nitrogens with one attached hydrogen (secondary N) is 1. The van der Waals surface area contributed by atoms with Gasteiger partial charge in [-0.05, 0) is 59.0 Å². The van der Waals surface area contributed by atoms with Gasteiger partial charge in [-0.15, -0.1) is 0 Å². The van der Waals surface area contributed by atoms with Gasteiger partial charge in [-0.2, -0.15) is 5.26 Å². The summed E-state index contributed by atoms with van der Waals surface area (Å²) in [4.78, 5) is 11.8. The highest BCUT2D eigenvalue weighted by molar-refractivity contribution is 14.1. The van der Waals surface area contributed by atoms with Crippen molar-refractivity contribution in [3.05, 3.63) is 57.7 Å². The molecule has 0 aliphatic carbocycles. The minimum Gasteiger partial charge on any atom is -0.492 e. The molecule has 0 radical (unpaired) electrons. The standard InChI is InChI=1S/C16H13IN2O2/c17-14-3-1-2-4-15(14)21-10-9-16(20)19-13-7-5-12(11-18)6-8-13/h1-8H,9-10H2,(H,19,20). The number of amides is 1. The van der Waals surface area contributed by atoms with E-state index < -0.39 is 0 Å². The second-order valence-electron chi connectivity index (χ2n) is 4.27. The largest absolute Gasteiger partial charge is 0.492 e. The van der Waals surface area contributed by atoms with Crippen LogP contribution in [0.25, 0.3) is 0 Å². The lowest BCUT2D eigenvalue weighted by atomic mass is 10.2. The molecule has 0 saturated carbocycles. The van der Waals surface area contributed by atoms with E-state index in [0.29, 0.717) is 17.9 Å². The first kappa shape index (κ1) is 15.3. The summed E-state index contributed by atoms with van der Waals surface area (Å²) < 4.78 is 6.59. The third kappa shape index (κ3) is 4.76. The van der Waals surface area contributed by atoms with Crippen molar-refractivity contribution >= 4 is 34.2 Å². The number of para-hydroxylation sites is 1. The molecule has 0 aliphatic rings. The first-order valence-corrected chi connectivity index (χ1v) is 7.44. The van der Waals surface area contributed by atoms with E-state index >= 15 is 0 Å². The fraction of sp³-hybridized carbons (Fsp3) is 0.125. The second-order valence-corrected chi connectivity index (χ2v) is 5.43. The fourth-order valence-corrected chi connectivity index (χ4v) is 2.21. The Morgan fingerprint density at radius 1 is 1.19 bits per heavy atom. The van der Waals surface area contributed by atoms with E-state index in [9.17, 15) is 4.79 Å². The summed E-state index contributed by atoms with van der Waals surface area (Å²) in [6, 6.07) is 16.4. The Morgan fingerprint density at radius 2 is 1.90 bits per heavy atom. The Hall–Kier alpha value is -2.07. The number of hydrogen-bond donors (Lipinski definition) is 1. The number of carbonyl (C=O) groups excluding carboxylic acids is 1. The Bertz CT molecular complexity index is 663. The van der Waals surface area contributed by atoms with Crippen LogP contribution in [-0.4, -0.2) is 12.5 Å². The zero-order chi connectivity index (χ0) is 15.1. The van der Waals surface area contributed by atoms with Crippen LogP contribution >= 0.6 is 22.6 Å². The molecule has 0 saturated heterocycles. The van der Waals surface area contributed by atoms with Gasteiger partial charge in [0.1, 0.15) is 5.75 Å². The maximum atomic E-state index is 11.8. The molecule has 2 rings (SSSR count). The van der Waals surface area contributed by atoms with Crippen LogP contribution in [0.2, 0.25) is 0 Å². The molecule has 0 unspecified atom stereocenters. The van der Waals surface area contributed by atoms with E-state index in [1.807, 2.05) is 30.3 Å². The average molecular weight is 392 g/mol. The van der Waals surface area contributed by atoms with E-state index in [-0.39, 0.29) is 12.3 Å². The number of carbonyl (C=O) groups is 1. The molecule has 0 bridgehead atoms. The minimum absolute atomic E-state index is 0.120. The predicted octanol–water partition coefficient (Wildman–Crippen LogP) is 3.57. The van der Waals surface area contributed by atoms with E-state index in [1.54, 1.807) is 24.3 Å². The molecule has 0 spiro atoms. The molecule has 1 amide bonds. The smallest absolute Gasteiger partial charge is 0.227 e. The summed E-state index contributed by atoms with van der Waals surface area (Å²) in [6.45, 7) is 0.322. The molecule has 0 heterocycles. The van der Waals surface area contributed by atoms with Gasteiger partial charge in [0, 0.05) is 5.69 Å². The Morgan fingerprint density at radius 3 is 2.57 bits per heavy atom. The van der Waals surface area contributed by atoms with Crippen molar-refractivity contribution in [2.45, 2.75) is 6.42 Å². The maximum Gasteiger partial charge on any atom is 0.227 e. The Labute approximate surface area is 136 Å². The number of ether oxygens (including phenoxy) is 1. The summed E-state index contributed by atoms with van der Waals surface area (Å²) in [5, 5.41) is 11.5. The summed E-state index contributed by atoms with van der Waals surface area (Å²) in [5.41, 5.74) is 1.24. The monoisotopic (exact) mass is 392 g/mol. The van der Waals surface area contributed by atoms with Gasteiger partial charge >= 0.3 is 0 Å². The highest BCUT2D eigenvalue weighted by Gasteiger charge is 2.04. The third-order valence-electron chi connectivity index (χ3n) is 2.72. The van der Waals surface area contributed by atoms with Crippen LogP contribution in [0.4, 0.5) is 5.69 Å². The lowest BCUT2D eigenvalue weighted by molar-refractivity contribution is -0.116. The SMILES string of the molecule is N#Cc1ccc(NC(=O)CCOc2ccccc2I)cc1. The molecular weight excluding hydrogens is 379 g/mol. The number of hydrogen-bond acceptors (Lipinski definition) is 3. The summed E-state index contributed by atoms with van der Waals surface area (Å²) >= 11 is 2.19. The summed E-state index contributed by atoms with van der Waals surface area (Å²) in [6.07, 6.45) is 0.269. The van der Waals surface area contributed by atoms with Crippen molar-refractivity contribution in [3.63, 3.8) is 0 Å². The molecule has 106 valence electrons. The maximum absolute atomic E-state index is 11.8. The van der Waals surface area contributed by atoms with Gasteiger partial charge in [0.25, 0.3) is 0 Å². The second kappa shape index (κ2) is 7.64. The lowest BCUT2D eigenvalue weighted by Crippen LogP contribution is -2.15. The number of benzene rings is 2. The molecule has 5 heteroatoms. The van der Waals surface area contributed by atoms with Crippen molar-refractivity contribution < 1.29 is 9.53 Å². The average Bonchev–Trinajstić information content (AvgIpc) is 2.50. The third-order valence-corrected chi connectivity index (χ3v) is 3.61. The zero-order valence-electron chi connectivity index (χ0n) is 11.2. The number of rotatable bonds is 5. The molecule has 4 nitrogen and oxygen atoms in total. The lowest BCUT2D eigenvalue weighted by Gasteiger charge is -2.08. The van der Waals surface area contributed by atoms with E-state index in [2.05, 4.69) is 27.9 Å². The first-order valence-electron chi connectivity index (χ1n) is 6.36. The molecule has 0 aromatic heterocycles. The van der Waals surface area contributed by atoms with Crippen molar-refractivity contribution in [2.24, 2.45) is 0 Å². The number of anilines is 1. The minimum atomic E-state index is -0.120. The number of halogens is 1. The van der Waals surface area contributed by atoms with Gasteiger partial charge < -0.3 is 10.1 Å². The van der Waals surface area contributed by atoms with E-state index in [1.165, 1.54) is 0 Å². The zero-order valence-corrected chi connectivity index (χ0v) is 13.3. The normalized spacial score (nSPS) is 9.71. The molecular formula is C16H13IN2O2. The predicted molar refractivity (Wildman–Crippen MR) is 89.1 cm³/mol. The van der Waals surface area contributed by atoms with Crippen molar-refractivity contribution in [1.82, 2.24) is 0 Å². The van der Waals surface area contributed by atoms with Crippen LogP contribution in [0, 0.1) is 14.9 Å². The molecule has 0 atom stereocenters. The molecule has 2 aromatic rings. The number of nitriles is 1. The van der Waals surface area contributed by atoms with Gasteiger partial charge in [0.05, 0.1) is 28.2 Å². The van der Waals surface area contributed by atoms with Crippen LogP contribution in [-0.2, 0) is 4.79 Å². The molecule has 21 heavy (non-hydrogen) atoms. The van der Waals surface area contributed by atoms with E-state index in [4.69, 9.17) is 10.00 Å². The van der Waals surface area contributed by atoms with Crippen LogP contribution in [0.3, 0.4) is 0 Å². The summed E-state index contributed by atoms with van der Waals surface area (Å²) in [7, 11) is 0. The van der Waals surface area contributed by atoms with Crippen LogP contribution < -0.4 is 10.1 Å². The van der Waals surface area contributed by atoms with Crippen molar-refractivity contribution in [2.75, 3.05) is 11.9 Å². The van der Waals surface area contributed by atoms with Crippen LogP contribution in [0.15, 0.2) is 48.5 Å². The first-order chi connectivity index (χ1) is 10.2.